The minimum Gasteiger partial charge on any atom is -0.508 e. The van der Waals surface area contributed by atoms with E-state index in [0.29, 0.717) is 18.4 Å². The molecule has 41 heavy (non-hydrogen) atoms. The third kappa shape index (κ3) is 7.65. The van der Waals surface area contributed by atoms with Gasteiger partial charge in [-0.05, 0) is 54.2 Å². The summed E-state index contributed by atoms with van der Waals surface area (Å²) in [7, 11) is 1.36. The van der Waals surface area contributed by atoms with Gasteiger partial charge in [0.1, 0.15) is 28.6 Å². The van der Waals surface area contributed by atoms with Crippen LogP contribution in [0.3, 0.4) is 0 Å². The molecule has 6 nitrogen and oxygen atoms in total. The van der Waals surface area contributed by atoms with Gasteiger partial charge in [-0.3, -0.25) is 4.79 Å². The Hall–Kier alpha value is -4.81. The van der Waals surface area contributed by atoms with Crippen molar-refractivity contribution < 1.29 is 30.0 Å². The third-order valence-corrected chi connectivity index (χ3v) is 6.88. The minimum absolute atomic E-state index is 0.0382. The van der Waals surface area contributed by atoms with Crippen molar-refractivity contribution in [3.05, 3.63) is 137 Å². The topological polar surface area (TPSA) is 107 Å². The van der Waals surface area contributed by atoms with Gasteiger partial charge < -0.3 is 25.2 Å². The first kappa shape index (κ1) is 29.2. The maximum Gasteiger partial charge on any atom is 0.193 e. The Morgan fingerprint density at radius 3 is 2.22 bits per heavy atom. The predicted molar refractivity (Wildman–Crippen MR) is 161 cm³/mol. The van der Waals surface area contributed by atoms with Crippen LogP contribution in [-0.2, 0) is 6.42 Å². The molecule has 6 heteroatoms. The molecule has 2 atom stereocenters. The zero-order chi connectivity index (χ0) is 29.2. The van der Waals surface area contributed by atoms with E-state index in [1.165, 1.54) is 31.4 Å². The van der Waals surface area contributed by atoms with Crippen molar-refractivity contribution in [3.63, 3.8) is 0 Å². The van der Waals surface area contributed by atoms with E-state index in [-0.39, 0.29) is 28.4 Å². The number of aryl methyl sites for hydroxylation is 1. The number of aliphatic hydroxyl groups is 1. The van der Waals surface area contributed by atoms with E-state index < -0.39 is 23.6 Å². The Morgan fingerprint density at radius 1 is 0.902 bits per heavy atom. The summed E-state index contributed by atoms with van der Waals surface area (Å²) in [5, 5.41) is 42.9. The second-order valence-electron chi connectivity index (χ2n) is 9.75. The molecule has 4 aromatic rings. The Bertz CT molecular complexity index is 1490. The molecule has 0 fully saturated rings. The molecule has 0 unspecified atom stereocenters. The average molecular weight is 551 g/mol. The van der Waals surface area contributed by atoms with Crippen molar-refractivity contribution in [2.24, 2.45) is 0 Å². The number of aliphatic hydroxyl groups excluding tert-OH is 1. The normalized spacial score (nSPS) is 12.9. The molecule has 0 radical (unpaired) electrons. The fourth-order valence-corrected chi connectivity index (χ4v) is 4.70. The molecule has 0 saturated heterocycles. The largest absolute Gasteiger partial charge is 0.508 e. The minimum atomic E-state index is -0.688. The number of carbonyl (C=O) groups is 1. The second kappa shape index (κ2) is 14.0. The first-order valence-corrected chi connectivity index (χ1v) is 13.4. The maximum absolute atomic E-state index is 13.3. The van der Waals surface area contributed by atoms with Crippen molar-refractivity contribution in [3.8, 4) is 23.0 Å². The highest BCUT2D eigenvalue weighted by atomic mass is 16.5. The molecule has 0 amide bonds. The van der Waals surface area contributed by atoms with Crippen LogP contribution in [0.15, 0.2) is 109 Å². The van der Waals surface area contributed by atoms with E-state index in [0.717, 1.165) is 17.5 Å². The number of allylic oxidation sites excluding steroid dienone is 2. The average Bonchev–Trinajstić information content (AvgIpc) is 2.99. The number of hydrogen-bond acceptors (Lipinski definition) is 6. The molecule has 4 N–H and O–H groups in total. The Labute approximate surface area is 240 Å². The van der Waals surface area contributed by atoms with Gasteiger partial charge in [-0.25, -0.2) is 0 Å². The zero-order valence-corrected chi connectivity index (χ0v) is 22.9. The van der Waals surface area contributed by atoms with Crippen LogP contribution in [0.25, 0.3) is 6.08 Å². The number of benzene rings is 4. The number of hydrogen-bond donors (Lipinski definition) is 4. The Balaban J connectivity index is 1.66. The second-order valence-corrected chi connectivity index (χ2v) is 9.75. The standard InChI is InChI=1S/C35H34O6/c1-41-32-23-31(39)33(35(40)34(32)30(38)22-16-25-11-6-3-7-12-25)29(26-17-20-28(37)21-18-26)14-8-13-27(36)19-15-24-9-4-2-5-10-24/h2-12,14,16-18,20-23,27,29,36-37,39-40H,13,15,19H2,1H3/b14-8+,22-16+/t27-,29+/m0/s1. The summed E-state index contributed by atoms with van der Waals surface area (Å²) in [5.74, 6) is -1.73. The van der Waals surface area contributed by atoms with Gasteiger partial charge in [0.25, 0.3) is 0 Å². The predicted octanol–water partition coefficient (Wildman–Crippen LogP) is 6.78. The number of phenols is 3. The highest BCUT2D eigenvalue weighted by Gasteiger charge is 2.27. The molecular weight excluding hydrogens is 516 g/mol. The number of aromatic hydroxyl groups is 3. The molecule has 4 aromatic carbocycles. The first-order chi connectivity index (χ1) is 19.9. The lowest BCUT2D eigenvalue weighted by Crippen LogP contribution is -2.08. The number of methoxy groups -OCH3 is 1. The van der Waals surface area contributed by atoms with E-state index in [9.17, 15) is 25.2 Å². The summed E-state index contributed by atoms with van der Waals surface area (Å²) in [6, 6.07) is 26.9. The number of carbonyl (C=O) groups excluding carboxylic acids is 1. The number of rotatable bonds is 12. The fourth-order valence-electron chi connectivity index (χ4n) is 4.70. The van der Waals surface area contributed by atoms with Crippen LogP contribution in [0, 0.1) is 0 Å². The van der Waals surface area contributed by atoms with Crippen LogP contribution in [0.4, 0.5) is 0 Å². The van der Waals surface area contributed by atoms with E-state index >= 15 is 0 Å². The van der Waals surface area contributed by atoms with Crippen LogP contribution in [-0.4, -0.2) is 39.4 Å². The molecule has 0 aliphatic carbocycles. The van der Waals surface area contributed by atoms with Gasteiger partial charge >= 0.3 is 0 Å². The molecule has 0 bridgehead atoms. The lowest BCUT2D eigenvalue weighted by atomic mass is 9.86. The van der Waals surface area contributed by atoms with E-state index in [1.54, 1.807) is 30.4 Å². The van der Waals surface area contributed by atoms with Gasteiger partial charge in [0.15, 0.2) is 5.78 Å². The fraction of sp³-hybridized carbons (Fsp3) is 0.171. The summed E-state index contributed by atoms with van der Waals surface area (Å²) in [6.45, 7) is 0. The van der Waals surface area contributed by atoms with Crippen LogP contribution in [0.2, 0.25) is 0 Å². The monoisotopic (exact) mass is 550 g/mol. The van der Waals surface area contributed by atoms with Crippen molar-refractivity contribution >= 4 is 11.9 Å². The Kier molecular flexibility index (Phi) is 9.97. The van der Waals surface area contributed by atoms with Crippen molar-refractivity contribution in [2.75, 3.05) is 7.11 Å². The van der Waals surface area contributed by atoms with Crippen LogP contribution < -0.4 is 4.74 Å². The number of ether oxygens (including phenoxy) is 1. The van der Waals surface area contributed by atoms with Crippen LogP contribution in [0.5, 0.6) is 23.0 Å². The van der Waals surface area contributed by atoms with Gasteiger partial charge in [0.05, 0.1) is 13.2 Å². The SMILES string of the molecule is COc1cc(O)c([C@H](/C=C/C[C@H](O)CCc2ccccc2)c2ccc(O)cc2)c(O)c1C(=O)/C=C/c1ccccc1. The van der Waals surface area contributed by atoms with Gasteiger partial charge in [0, 0.05) is 17.5 Å². The first-order valence-electron chi connectivity index (χ1n) is 13.4. The highest BCUT2D eigenvalue weighted by molar-refractivity contribution is 6.11. The van der Waals surface area contributed by atoms with Crippen LogP contribution >= 0.6 is 0 Å². The molecule has 0 saturated carbocycles. The number of ketones is 1. The van der Waals surface area contributed by atoms with Gasteiger partial charge in [-0.15, -0.1) is 0 Å². The summed E-state index contributed by atoms with van der Waals surface area (Å²) >= 11 is 0. The molecule has 0 heterocycles. The lowest BCUT2D eigenvalue weighted by molar-refractivity contribution is 0.104. The molecule has 0 aromatic heterocycles. The molecule has 0 spiro atoms. The van der Waals surface area contributed by atoms with E-state index in [2.05, 4.69) is 0 Å². The Morgan fingerprint density at radius 2 is 1.56 bits per heavy atom. The summed E-state index contributed by atoms with van der Waals surface area (Å²) in [4.78, 5) is 13.3. The quantitative estimate of drug-likeness (QED) is 0.0880. The summed E-state index contributed by atoms with van der Waals surface area (Å²) < 4.78 is 5.35. The third-order valence-electron chi connectivity index (χ3n) is 6.88. The van der Waals surface area contributed by atoms with Crippen molar-refractivity contribution in [1.82, 2.24) is 0 Å². The van der Waals surface area contributed by atoms with Crippen molar-refractivity contribution in [2.45, 2.75) is 31.3 Å². The highest BCUT2D eigenvalue weighted by Crippen LogP contribution is 2.45. The van der Waals surface area contributed by atoms with Crippen LogP contribution in [0.1, 0.15) is 51.4 Å². The van der Waals surface area contributed by atoms with Gasteiger partial charge in [-0.2, -0.15) is 0 Å². The molecule has 210 valence electrons. The molecule has 4 rings (SSSR count). The zero-order valence-electron chi connectivity index (χ0n) is 22.9. The molecule has 0 aliphatic rings. The molecular formula is C35H34O6. The molecule has 0 aliphatic heterocycles. The maximum atomic E-state index is 13.3. The van der Waals surface area contributed by atoms with Crippen molar-refractivity contribution in [1.29, 1.82) is 0 Å². The van der Waals surface area contributed by atoms with E-state index in [1.807, 2.05) is 60.7 Å². The van der Waals surface area contributed by atoms with Gasteiger partial charge in [-0.1, -0.05) is 91.0 Å². The summed E-state index contributed by atoms with van der Waals surface area (Å²) in [5.41, 5.74) is 2.65. The van der Waals surface area contributed by atoms with E-state index in [4.69, 9.17) is 4.74 Å². The summed E-state index contributed by atoms with van der Waals surface area (Å²) in [6.07, 6.45) is 7.63. The smallest absolute Gasteiger partial charge is 0.193 e. The van der Waals surface area contributed by atoms with Gasteiger partial charge in [0.2, 0.25) is 0 Å². The lowest BCUT2D eigenvalue weighted by Gasteiger charge is -2.20. The number of phenolic OH excluding ortho intramolecular Hbond substituents is 3.